The van der Waals surface area contributed by atoms with Gasteiger partial charge in [0.1, 0.15) is 5.78 Å². The molecule has 1 aliphatic heterocycles. The fraction of sp³-hybridized carbons (Fsp3) is 0.450. The molecule has 0 spiro atoms. The Balaban J connectivity index is 2.09. The minimum absolute atomic E-state index is 0.0305. The van der Waals surface area contributed by atoms with Crippen LogP contribution in [0, 0.1) is 17.8 Å². The first-order chi connectivity index (χ1) is 13.6. The minimum atomic E-state index is -5.06. The average Bonchev–Trinajstić information content (AvgIpc) is 3.47. The second kappa shape index (κ2) is 7.71. The summed E-state index contributed by atoms with van der Waals surface area (Å²) >= 11 is 5.91. The number of Topliss-reactive ketones (excluding diaryl/α,β-unsaturated/α-hetero) is 1. The van der Waals surface area contributed by atoms with Crippen LogP contribution in [0.3, 0.4) is 0 Å². The van der Waals surface area contributed by atoms with E-state index in [-0.39, 0.29) is 41.7 Å². The number of amides is 2. The van der Waals surface area contributed by atoms with E-state index < -0.39 is 29.3 Å². The standard InChI is InChI=1S/C20H17ClF3NO4/c1-2-14(26)6-8-17(27)25-16-7-5-13(21)11-15(16)19(20(22,23)24,29-18(25)28)10-9-12-3-4-12/h5,7,11-12H,2-4,6,8H2,1H3. The minimum Gasteiger partial charge on any atom is -0.414 e. The lowest BCUT2D eigenvalue weighted by Gasteiger charge is -2.39. The molecule has 29 heavy (non-hydrogen) atoms. The molecule has 3 rings (SSSR count). The quantitative estimate of drug-likeness (QED) is 0.650. The van der Waals surface area contributed by atoms with Crippen LogP contribution < -0.4 is 4.90 Å². The fourth-order valence-electron chi connectivity index (χ4n) is 2.89. The number of cyclic esters (lactones) is 1. The van der Waals surface area contributed by atoms with Gasteiger partial charge in [-0.2, -0.15) is 13.2 Å². The zero-order chi connectivity index (χ0) is 21.4. The Kier molecular flexibility index (Phi) is 5.63. The predicted molar refractivity (Wildman–Crippen MR) is 98.2 cm³/mol. The van der Waals surface area contributed by atoms with Crippen molar-refractivity contribution in [1.29, 1.82) is 0 Å². The molecule has 154 valence electrons. The number of carbonyl (C=O) groups is 3. The zero-order valence-corrected chi connectivity index (χ0v) is 16.2. The number of hydrogen-bond donors (Lipinski definition) is 0. The molecule has 1 unspecified atom stereocenters. The third-order valence-corrected chi connectivity index (χ3v) is 4.93. The van der Waals surface area contributed by atoms with Crippen LogP contribution in [0.1, 0.15) is 44.6 Å². The van der Waals surface area contributed by atoms with Crippen LogP contribution in [-0.2, 0) is 19.9 Å². The van der Waals surface area contributed by atoms with Crippen LogP contribution in [0.5, 0.6) is 0 Å². The van der Waals surface area contributed by atoms with E-state index in [0.29, 0.717) is 17.7 Å². The maximum Gasteiger partial charge on any atom is 0.445 e. The van der Waals surface area contributed by atoms with Crippen LogP contribution in [0.4, 0.5) is 23.7 Å². The number of ether oxygens (including phenoxy) is 1. The molecule has 0 saturated heterocycles. The van der Waals surface area contributed by atoms with E-state index in [2.05, 4.69) is 11.8 Å². The van der Waals surface area contributed by atoms with Crippen LogP contribution >= 0.6 is 11.6 Å². The molecule has 0 aromatic heterocycles. The van der Waals surface area contributed by atoms with Gasteiger partial charge < -0.3 is 4.74 Å². The molecule has 1 fully saturated rings. The Hall–Kier alpha value is -2.53. The number of benzene rings is 1. The largest absolute Gasteiger partial charge is 0.445 e. The zero-order valence-electron chi connectivity index (χ0n) is 15.4. The van der Waals surface area contributed by atoms with Crippen LogP contribution in [0.25, 0.3) is 0 Å². The number of fused-ring (bicyclic) bond motifs is 1. The lowest BCUT2D eigenvalue weighted by atomic mass is 9.89. The average molecular weight is 428 g/mol. The van der Waals surface area contributed by atoms with Gasteiger partial charge in [0.25, 0.3) is 5.60 Å². The summed E-state index contributed by atoms with van der Waals surface area (Å²) in [6.45, 7) is 1.62. The van der Waals surface area contributed by atoms with E-state index in [1.165, 1.54) is 6.07 Å². The maximum atomic E-state index is 14.1. The Morgan fingerprint density at radius 1 is 1.31 bits per heavy atom. The van der Waals surface area contributed by atoms with Crippen molar-refractivity contribution in [3.63, 3.8) is 0 Å². The summed E-state index contributed by atoms with van der Waals surface area (Å²) in [5.41, 5.74) is -4.05. The molecule has 9 heteroatoms. The highest BCUT2D eigenvalue weighted by molar-refractivity contribution is 6.31. The first-order valence-electron chi connectivity index (χ1n) is 9.06. The molecule has 1 aliphatic carbocycles. The van der Waals surface area contributed by atoms with Gasteiger partial charge in [0.15, 0.2) is 0 Å². The number of ketones is 1. The summed E-state index contributed by atoms with van der Waals surface area (Å²) in [6, 6.07) is 3.42. The van der Waals surface area contributed by atoms with E-state index in [0.717, 1.165) is 12.1 Å². The van der Waals surface area contributed by atoms with Gasteiger partial charge in [-0.1, -0.05) is 24.4 Å². The summed E-state index contributed by atoms with van der Waals surface area (Å²) in [4.78, 5) is 37.1. The van der Waals surface area contributed by atoms with E-state index in [1.54, 1.807) is 6.92 Å². The summed E-state index contributed by atoms with van der Waals surface area (Å²) in [5, 5.41) is -0.0305. The molecule has 1 atom stereocenters. The number of alkyl halides is 3. The number of halogens is 4. The highest BCUT2D eigenvalue weighted by Gasteiger charge is 2.63. The van der Waals surface area contributed by atoms with E-state index in [1.807, 2.05) is 0 Å². The van der Waals surface area contributed by atoms with Gasteiger partial charge in [-0.15, -0.1) is 0 Å². The molecule has 0 N–H and O–H groups in total. The summed E-state index contributed by atoms with van der Waals surface area (Å²) < 4.78 is 47.1. The van der Waals surface area contributed by atoms with Crippen molar-refractivity contribution in [3.05, 3.63) is 28.8 Å². The van der Waals surface area contributed by atoms with E-state index >= 15 is 0 Å². The van der Waals surface area contributed by atoms with Crippen molar-refractivity contribution in [1.82, 2.24) is 0 Å². The third kappa shape index (κ3) is 4.10. The van der Waals surface area contributed by atoms with Gasteiger partial charge >= 0.3 is 12.3 Å². The fourth-order valence-corrected chi connectivity index (χ4v) is 3.06. The SMILES string of the molecule is CCC(=O)CCC(=O)N1C(=O)OC(C#CC2CC2)(C(F)(F)F)c2cc(Cl)ccc21. The second-order valence-electron chi connectivity index (χ2n) is 6.87. The van der Waals surface area contributed by atoms with Gasteiger partial charge in [0.2, 0.25) is 5.91 Å². The highest BCUT2D eigenvalue weighted by Crippen LogP contribution is 2.50. The van der Waals surface area contributed by atoms with E-state index in [9.17, 15) is 27.6 Å². The monoisotopic (exact) mass is 427 g/mol. The van der Waals surface area contributed by atoms with Crippen molar-refractivity contribution in [2.45, 2.75) is 50.8 Å². The first kappa shape index (κ1) is 21.2. The van der Waals surface area contributed by atoms with Gasteiger partial charge in [-0.05, 0) is 37.0 Å². The van der Waals surface area contributed by atoms with Crippen molar-refractivity contribution in [2.24, 2.45) is 5.92 Å². The maximum absolute atomic E-state index is 14.1. The first-order valence-corrected chi connectivity index (χ1v) is 9.44. The molecule has 2 amide bonds. The molecule has 5 nitrogen and oxygen atoms in total. The van der Waals surface area contributed by atoms with Gasteiger partial charge in [0, 0.05) is 35.8 Å². The normalized spacial score (nSPS) is 21.0. The Bertz CT molecular complexity index is 930. The lowest BCUT2D eigenvalue weighted by Crippen LogP contribution is -2.54. The summed E-state index contributed by atoms with van der Waals surface area (Å²) in [7, 11) is 0. The predicted octanol–water partition coefficient (Wildman–Crippen LogP) is 4.75. The van der Waals surface area contributed by atoms with Crippen LogP contribution in [0.15, 0.2) is 18.2 Å². The lowest BCUT2D eigenvalue weighted by molar-refractivity contribution is -0.240. The smallest absolute Gasteiger partial charge is 0.414 e. The highest BCUT2D eigenvalue weighted by atomic mass is 35.5. The summed E-state index contributed by atoms with van der Waals surface area (Å²) in [5.74, 6) is 3.37. The molecular weight excluding hydrogens is 411 g/mol. The Morgan fingerprint density at radius 2 is 2.00 bits per heavy atom. The van der Waals surface area contributed by atoms with Crippen LogP contribution in [0.2, 0.25) is 5.02 Å². The van der Waals surface area contributed by atoms with E-state index in [4.69, 9.17) is 16.3 Å². The number of hydrogen-bond acceptors (Lipinski definition) is 4. The molecule has 1 heterocycles. The molecule has 0 radical (unpaired) electrons. The van der Waals surface area contributed by atoms with Crippen molar-refractivity contribution < 1.29 is 32.3 Å². The van der Waals surface area contributed by atoms with Gasteiger partial charge in [-0.25, -0.2) is 9.69 Å². The Morgan fingerprint density at radius 3 is 2.59 bits per heavy atom. The van der Waals surface area contributed by atoms with Crippen molar-refractivity contribution >= 4 is 35.1 Å². The number of rotatable bonds is 4. The molecule has 1 aromatic rings. The number of nitrogens with zero attached hydrogens (tertiary/aromatic N) is 1. The van der Waals surface area contributed by atoms with Crippen molar-refractivity contribution in [3.8, 4) is 11.8 Å². The molecule has 0 bridgehead atoms. The van der Waals surface area contributed by atoms with Crippen LogP contribution in [-0.4, -0.2) is 24.0 Å². The van der Waals surface area contributed by atoms with Gasteiger partial charge in [-0.3, -0.25) is 9.59 Å². The number of anilines is 1. The summed E-state index contributed by atoms with van der Waals surface area (Å²) in [6.07, 6.45) is -5.46. The van der Waals surface area contributed by atoms with Gasteiger partial charge in [0.05, 0.1) is 5.69 Å². The second-order valence-corrected chi connectivity index (χ2v) is 7.31. The third-order valence-electron chi connectivity index (χ3n) is 4.69. The number of carbonyl (C=O) groups excluding carboxylic acids is 3. The molecule has 1 saturated carbocycles. The van der Waals surface area contributed by atoms with Crippen molar-refractivity contribution in [2.75, 3.05) is 4.90 Å². The number of imide groups is 1. The molecular formula is C20H17ClF3NO4. The Labute approximate surface area is 170 Å². The topological polar surface area (TPSA) is 63.7 Å². The molecule has 2 aliphatic rings. The molecule has 1 aromatic carbocycles.